The lowest BCUT2D eigenvalue weighted by atomic mass is 10.0. The van der Waals surface area contributed by atoms with Gasteiger partial charge in [-0.05, 0) is 30.5 Å². The lowest BCUT2D eigenvalue weighted by molar-refractivity contribution is -0.131. The van der Waals surface area contributed by atoms with E-state index in [1.807, 2.05) is 6.07 Å². The average molecular weight is 303 g/mol. The second-order valence-electron chi connectivity index (χ2n) is 5.36. The largest absolute Gasteiger partial charge is 0.352 e. The molecule has 0 atom stereocenters. The second-order valence-corrected chi connectivity index (χ2v) is 5.36. The molecule has 22 heavy (non-hydrogen) atoms. The topological polar surface area (TPSA) is 73.2 Å². The quantitative estimate of drug-likeness (QED) is 0.913. The van der Waals surface area contributed by atoms with E-state index in [9.17, 15) is 14.0 Å². The summed E-state index contributed by atoms with van der Waals surface area (Å²) >= 11 is 0. The number of nitriles is 1. The number of halogens is 1. The standard InChI is InChI=1S/C16H18FN3O2/c17-13-3-1-12(2-4-13)11-16(22)20-9-6-14(7-10-20)19-15(21)5-8-18/h1-4,14H,5-7,9-11H2,(H,19,21). The zero-order valence-corrected chi connectivity index (χ0v) is 12.2. The van der Waals surface area contributed by atoms with Crippen molar-refractivity contribution >= 4 is 11.8 Å². The van der Waals surface area contributed by atoms with Crippen molar-refractivity contribution in [3.8, 4) is 6.07 Å². The van der Waals surface area contributed by atoms with E-state index in [0.29, 0.717) is 25.9 Å². The van der Waals surface area contributed by atoms with Crippen LogP contribution in [0.1, 0.15) is 24.8 Å². The first-order valence-corrected chi connectivity index (χ1v) is 7.27. The van der Waals surface area contributed by atoms with Gasteiger partial charge in [0.05, 0.1) is 12.5 Å². The maximum Gasteiger partial charge on any atom is 0.234 e. The molecule has 1 heterocycles. The van der Waals surface area contributed by atoms with Gasteiger partial charge in [0.25, 0.3) is 0 Å². The molecule has 6 heteroatoms. The van der Waals surface area contributed by atoms with Gasteiger partial charge in [-0.25, -0.2) is 4.39 Å². The van der Waals surface area contributed by atoms with Gasteiger partial charge < -0.3 is 10.2 Å². The van der Waals surface area contributed by atoms with Crippen molar-refractivity contribution in [3.63, 3.8) is 0 Å². The lowest BCUT2D eigenvalue weighted by Gasteiger charge is -2.32. The molecule has 2 amide bonds. The Kier molecular flexibility index (Phi) is 5.48. The third kappa shape index (κ3) is 4.55. The fourth-order valence-electron chi connectivity index (χ4n) is 2.51. The molecule has 1 saturated heterocycles. The molecule has 0 saturated carbocycles. The first-order valence-electron chi connectivity index (χ1n) is 7.27. The van der Waals surface area contributed by atoms with Crippen LogP contribution in [0.4, 0.5) is 4.39 Å². The molecule has 1 fully saturated rings. The zero-order valence-electron chi connectivity index (χ0n) is 12.2. The predicted octanol–water partition coefficient (Wildman–Crippen LogP) is 1.39. The number of piperidine rings is 1. The van der Waals surface area contributed by atoms with Crippen molar-refractivity contribution in [1.82, 2.24) is 10.2 Å². The third-order valence-electron chi connectivity index (χ3n) is 3.72. The van der Waals surface area contributed by atoms with Gasteiger partial charge in [0, 0.05) is 19.1 Å². The first-order chi connectivity index (χ1) is 10.6. The minimum atomic E-state index is -0.315. The Morgan fingerprint density at radius 2 is 1.91 bits per heavy atom. The van der Waals surface area contributed by atoms with E-state index in [1.165, 1.54) is 12.1 Å². The Labute approximate surface area is 128 Å². The van der Waals surface area contributed by atoms with Gasteiger partial charge in [-0.1, -0.05) is 12.1 Å². The summed E-state index contributed by atoms with van der Waals surface area (Å²) in [5.74, 6) is -0.572. The summed E-state index contributed by atoms with van der Waals surface area (Å²) in [5, 5.41) is 11.2. The van der Waals surface area contributed by atoms with Crippen LogP contribution in [-0.2, 0) is 16.0 Å². The maximum absolute atomic E-state index is 12.8. The van der Waals surface area contributed by atoms with Crippen LogP contribution in [0, 0.1) is 17.1 Å². The molecule has 1 aliphatic rings. The van der Waals surface area contributed by atoms with Crippen molar-refractivity contribution in [3.05, 3.63) is 35.6 Å². The lowest BCUT2D eigenvalue weighted by Crippen LogP contribution is -2.46. The van der Waals surface area contributed by atoms with Crippen LogP contribution in [0.5, 0.6) is 0 Å². The summed E-state index contributed by atoms with van der Waals surface area (Å²) < 4.78 is 12.8. The Hall–Kier alpha value is -2.42. The summed E-state index contributed by atoms with van der Waals surface area (Å²) in [4.78, 5) is 25.3. The number of amides is 2. The van der Waals surface area contributed by atoms with Gasteiger partial charge in [0.1, 0.15) is 12.2 Å². The molecule has 5 nitrogen and oxygen atoms in total. The highest BCUT2D eigenvalue weighted by Gasteiger charge is 2.23. The van der Waals surface area contributed by atoms with E-state index in [2.05, 4.69) is 5.32 Å². The number of nitrogens with one attached hydrogen (secondary N) is 1. The molecule has 0 radical (unpaired) electrons. The fourth-order valence-corrected chi connectivity index (χ4v) is 2.51. The smallest absolute Gasteiger partial charge is 0.234 e. The molecule has 2 rings (SSSR count). The molecule has 0 spiro atoms. The van der Waals surface area contributed by atoms with E-state index in [1.54, 1.807) is 17.0 Å². The Morgan fingerprint density at radius 1 is 1.27 bits per heavy atom. The normalized spacial score (nSPS) is 15.2. The minimum absolute atomic E-state index is 0.00779. The molecule has 0 bridgehead atoms. The fraction of sp³-hybridized carbons (Fsp3) is 0.438. The van der Waals surface area contributed by atoms with Crippen molar-refractivity contribution in [2.75, 3.05) is 13.1 Å². The highest BCUT2D eigenvalue weighted by atomic mass is 19.1. The monoisotopic (exact) mass is 303 g/mol. The molecule has 1 aromatic carbocycles. The molecule has 0 aromatic heterocycles. The van der Waals surface area contributed by atoms with E-state index in [-0.39, 0.29) is 36.5 Å². The number of hydrogen-bond acceptors (Lipinski definition) is 3. The number of likely N-dealkylation sites (tertiary alicyclic amines) is 1. The maximum atomic E-state index is 12.8. The molecule has 1 aliphatic heterocycles. The number of benzene rings is 1. The van der Waals surface area contributed by atoms with Gasteiger partial charge in [0.2, 0.25) is 11.8 Å². The highest BCUT2D eigenvalue weighted by Crippen LogP contribution is 2.13. The molecule has 1 aromatic rings. The van der Waals surface area contributed by atoms with Crippen molar-refractivity contribution in [2.45, 2.75) is 31.7 Å². The summed E-state index contributed by atoms with van der Waals surface area (Å²) in [6.45, 7) is 1.16. The molecular weight excluding hydrogens is 285 g/mol. The number of nitrogens with zero attached hydrogens (tertiary/aromatic N) is 2. The molecule has 116 valence electrons. The Morgan fingerprint density at radius 3 is 2.50 bits per heavy atom. The van der Waals surface area contributed by atoms with Crippen molar-refractivity contribution in [1.29, 1.82) is 5.26 Å². The van der Waals surface area contributed by atoms with Crippen LogP contribution >= 0.6 is 0 Å². The van der Waals surface area contributed by atoms with Crippen molar-refractivity contribution < 1.29 is 14.0 Å². The van der Waals surface area contributed by atoms with Gasteiger partial charge in [-0.15, -0.1) is 0 Å². The highest BCUT2D eigenvalue weighted by molar-refractivity contribution is 5.79. The first kappa shape index (κ1) is 16.0. The third-order valence-corrected chi connectivity index (χ3v) is 3.72. The number of carbonyl (C=O) groups excluding carboxylic acids is 2. The average Bonchev–Trinajstić information content (AvgIpc) is 2.50. The van der Waals surface area contributed by atoms with Gasteiger partial charge in [-0.2, -0.15) is 5.26 Å². The summed E-state index contributed by atoms with van der Waals surface area (Å²) in [7, 11) is 0. The molecule has 0 aliphatic carbocycles. The van der Waals surface area contributed by atoms with E-state index in [0.717, 1.165) is 5.56 Å². The van der Waals surface area contributed by atoms with Crippen LogP contribution in [0.2, 0.25) is 0 Å². The number of carbonyl (C=O) groups is 2. The Bertz CT molecular complexity index is 572. The number of rotatable bonds is 4. The SMILES string of the molecule is N#CCC(=O)NC1CCN(C(=O)Cc2ccc(F)cc2)CC1. The molecule has 0 unspecified atom stereocenters. The summed E-state index contributed by atoms with van der Waals surface area (Å²) in [6.07, 6.45) is 1.49. The van der Waals surface area contributed by atoms with Crippen LogP contribution in [-0.4, -0.2) is 35.8 Å². The second kappa shape index (κ2) is 7.55. The zero-order chi connectivity index (χ0) is 15.9. The van der Waals surface area contributed by atoms with E-state index in [4.69, 9.17) is 5.26 Å². The van der Waals surface area contributed by atoms with Crippen LogP contribution in [0.15, 0.2) is 24.3 Å². The predicted molar refractivity (Wildman–Crippen MR) is 78.1 cm³/mol. The molecular formula is C16H18FN3O2. The summed E-state index contributed by atoms with van der Waals surface area (Å²) in [5.41, 5.74) is 0.788. The number of hydrogen-bond donors (Lipinski definition) is 1. The minimum Gasteiger partial charge on any atom is -0.352 e. The summed E-state index contributed by atoms with van der Waals surface area (Å²) in [6, 6.07) is 7.76. The van der Waals surface area contributed by atoms with E-state index < -0.39 is 0 Å². The van der Waals surface area contributed by atoms with Crippen LogP contribution in [0.3, 0.4) is 0 Å². The van der Waals surface area contributed by atoms with Crippen LogP contribution in [0.25, 0.3) is 0 Å². The van der Waals surface area contributed by atoms with Gasteiger partial charge in [0.15, 0.2) is 0 Å². The van der Waals surface area contributed by atoms with Crippen molar-refractivity contribution in [2.24, 2.45) is 0 Å². The van der Waals surface area contributed by atoms with Gasteiger partial charge in [-0.3, -0.25) is 9.59 Å². The Balaban J connectivity index is 1.78. The van der Waals surface area contributed by atoms with Crippen LogP contribution < -0.4 is 5.32 Å². The van der Waals surface area contributed by atoms with Gasteiger partial charge >= 0.3 is 0 Å². The molecule has 1 N–H and O–H groups in total. The van der Waals surface area contributed by atoms with E-state index >= 15 is 0 Å².